The maximum Gasteiger partial charge on any atom is 0.160 e. The van der Waals surface area contributed by atoms with Crippen LogP contribution < -0.4 is 0 Å². The Labute approximate surface area is 246 Å². The van der Waals surface area contributed by atoms with Crippen molar-refractivity contribution in [2.75, 3.05) is 0 Å². The van der Waals surface area contributed by atoms with Gasteiger partial charge in [-0.05, 0) is 54.6 Å². The van der Waals surface area contributed by atoms with Gasteiger partial charge in [0, 0.05) is 53.1 Å². The first-order chi connectivity index (χ1) is 20.8. The molecule has 9 aromatic rings. The van der Waals surface area contributed by atoms with Crippen LogP contribution in [0.3, 0.4) is 0 Å². The maximum atomic E-state index is 5.32. The molecule has 0 aliphatic carbocycles. The first-order valence-corrected chi connectivity index (χ1v) is 14.9. The average Bonchev–Trinajstić information content (AvgIpc) is 3.61. The molecular weight excluding hydrogens is 531 g/mol. The zero-order chi connectivity index (χ0) is 27.6. The third-order valence-corrected chi connectivity index (χ3v) is 9.33. The van der Waals surface area contributed by atoms with Gasteiger partial charge in [0.15, 0.2) is 5.82 Å². The highest BCUT2D eigenvalue weighted by Crippen LogP contribution is 2.41. The van der Waals surface area contributed by atoms with Crippen LogP contribution in [0.2, 0.25) is 0 Å². The van der Waals surface area contributed by atoms with E-state index in [1.165, 1.54) is 42.0 Å². The zero-order valence-electron chi connectivity index (χ0n) is 22.5. The molecule has 0 N–H and O–H groups in total. The first-order valence-electron chi connectivity index (χ1n) is 14.1. The van der Waals surface area contributed by atoms with E-state index in [1.54, 1.807) is 0 Å². The predicted molar refractivity (Wildman–Crippen MR) is 178 cm³/mol. The van der Waals surface area contributed by atoms with Crippen LogP contribution >= 0.6 is 11.3 Å². The third kappa shape index (κ3) is 3.46. The molecule has 196 valence electrons. The third-order valence-electron chi connectivity index (χ3n) is 8.20. The molecule has 4 heteroatoms. The van der Waals surface area contributed by atoms with Gasteiger partial charge in [0.1, 0.15) is 0 Å². The summed E-state index contributed by atoms with van der Waals surface area (Å²) in [5, 5.41) is 5.93. The van der Waals surface area contributed by atoms with Crippen molar-refractivity contribution in [2.24, 2.45) is 0 Å². The van der Waals surface area contributed by atoms with E-state index in [1.807, 2.05) is 11.3 Å². The van der Waals surface area contributed by atoms with Crippen LogP contribution in [0, 0.1) is 0 Å². The fourth-order valence-electron chi connectivity index (χ4n) is 6.32. The molecule has 0 aliphatic rings. The van der Waals surface area contributed by atoms with Crippen LogP contribution in [0.25, 0.3) is 81.2 Å². The Hall–Kier alpha value is -5.32. The van der Waals surface area contributed by atoms with Gasteiger partial charge in [-0.15, -0.1) is 11.3 Å². The predicted octanol–water partition coefficient (Wildman–Crippen LogP) is 10.4. The highest BCUT2D eigenvalue weighted by atomic mass is 32.1. The summed E-state index contributed by atoms with van der Waals surface area (Å²) in [6.45, 7) is 0. The van der Waals surface area contributed by atoms with Gasteiger partial charge in [-0.2, -0.15) is 0 Å². The second-order valence-electron chi connectivity index (χ2n) is 10.6. The molecule has 3 aromatic heterocycles. The average molecular weight is 554 g/mol. The Morgan fingerprint density at radius 2 is 1.19 bits per heavy atom. The Balaban J connectivity index is 1.36. The van der Waals surface area contributed by atoms with E-state index in [9.17, 15) is 0 Å². The highest BCUT2D eigenvalue weighted by Gasteiger charge is 2.18. The van der Waals surface area contributed by atoms with Crippen molar-refractivity contribution >= 4 is 64.2 Å². The Bertz CT molecular complexity index is 2460. The Kier molecular flexibility index (Phi) is 5.07. The van der Waals surface area contributed by atoms with Gasteiger partial charge < -0.3 is 4.57 Å². The molecule has 0 radical (unpaired) electrons. The summed E-state index contributed by atoms with van der Waals surface area (Å²) in [5.41, 5.74) is 7.56. The number of fused-ring (bicyclic) bond motifs is 8. The van der Waals surface area contributed by atoms with Crippen molar-refractivity contribution < 1.29 is 0 Å². The van der Waals surface area contributed by atoms with E-state index >= 15 is 0 Å². The van der Waals surface area contributed by atoms with E-state index in [-0.39, 0.29) is 0 Å². The number of hydrogen-bond donors (Lipinski definition) is 0. The lowest BCUT2D eigenvalue weighted by Gasteiger charge is -2.11. The van der Waals surface area contributed by atoms with Gasteiger partial charge >= 0.3 is 0 Å². The minimum Gasteiger partial charge on any atom is -0.309 e. The molecule has 42 heavy (non-hydrogen) atoms. The molecular formula is C38H23N3S. The summed E-state index contributed by atoms with van der Waals surface area (Å²) < 4.78 is 4.86. The summed E-state index contributed by atoms with van der Waals surface area (Å²) >= 11 is 1.82. The van der Waals surface area contributed by atoms with E-state index in [0.29, 0.717) is 0 Å². The number of aromatic nitrogens is 3. The summed E-state index contributed by atoms with van der Waals surface area (Å²) in [7, 11) is 0. The number of hydrogen-bond acceptors (Lipinski definition) is 3. The summed E-state index contributed by atoms with van der Waals surface area (Å²) in [6, 6.07) is 49.4. The van der Waals surface area contributed by atoms with Crippen LogP contribution in [0.1, 0.15) is 0 Å². The number of rotatable bonds is 3. The standard InChI is InChI=1S/C38H23N3S/c1-3-11-24(12-4-1)36-29-20-22-34-35(28-16-8-10-18-33(28)42-34)37(29)40-38(39-36)25-19-21-32-30(23-25)27-15-7-9-17-31(27)41(32)26-13-5-2-6-14-26/h1-23H. The lowest BCUT2D eigenvalue weighted by molar-refractivity contribution is 1.18. The first kappa shape index (κ1) is 23.4. The number of nitrogens with zero attached hydrogens (tertiary/aromatic N) is 3. The molecule has 0 atom stereocenters. The van der Waals surface area contributed by atoms with Gasteiger partial charge in [0.05, 0.1) is 22.2 Å². The molecule has 9 rings (SSSR count). The lowest BCUT2D eigenvalue weighted by atomic mass is 10.0. The van der Waals surface area contributed by atoms with Gasteiger partial charge in [-0.1, -0.05) is 84.9 Å². The van der Waals surface area contributed by atoms with Gasteiger partial charge in [-0.25, -0.2) is 9.97 Å². The number of benzene rings is 6. The van der Waals surface area contributed by atoms with Crippen LogP contribution in [-0.2, 0) is 0 Å². The normalized spacial score (nSPS) is 11.8. The molecule has 3 heterocycles. The second-order valence-corrected chi connectivity index (χ2v) is 11.7. The monoisotopic (exact) mass is 553 g/mol. The minimum atomic E-state index is 0.738. The van der Waals surface area contributed by atoms with Crippen LogP contribution in [-0.4, -0.2) is 14.5 Å². The number of thiophene rings is 1. The molecule has 0 aliphatic heterocycles. The molecule has 0 unspecified atom stereocenters. The quantitative estimate of drug-likeness (QED) is 0.218. The van der Waals surface area contributed by atoms with Gasteiger partial charge in [-0.3, -0.25) is 0 Å². The largest absolute Gasteiger partial charge is 0.309 e. The van der Waals surface area contributed by atoms with Crippen LogP contribution in [0.15, 0.2) is 140 Å². The molecule has 0 amide bonds. The summed E-state index contributed by atoms with van der Waals surface area (Å²) in [4.78, 5) is 10.6. The highest BCUT2D eigenvalue weighted by molar-refractivity contribution is 7.26. The maximum absolute atomic E-state index is 5.32. The SMILES string of the molecule is c1ccc(-c2nc(-c3ccc4c(c3)c3ccccc3n4-c3ccccc3)nc3c2ccc2sc4ccccc4c23)cc1. The fourth-order valence-corrected chi connectivity index (χ4v) is 7.42. The molecule has 0 saturated heterocycles. The summed E-state index contributed by atoms with van der Waals surface area (Å²) in [5.74, 6) is 0.738. The fraction of sp³-hybridized carbons (Fsp3) is 0. The zero-order valence-corrected chi connectivity index (χ0v) is 23.3. The lowest BCUT2D eigenvalue weighted by Crippen LogP contribution is -1.96. The van der Waals surface area contributed by atoms with Gasteiger partial charge in [0.25, 0.3) is 0 Å². The van der Waals surface area contributed by atoms with Crippen molar-refractivity contribution in [3.8, 4) is 28.3 Å². The van der Waals surface area contributed by atoms with Crippen LogP contribution in [0.4, 0.5) is 0 Å². The van der Waals surface area contributed by atoms with Crippen LogP contribution in [0.5, 0.6) is 0 Å². The van der Waals surface area contributed by atoms with Gasteiger partial charge in [0.2, 0.25) is 0 Å². The molecule has 0 fully saturated rings. The molecule has 0 spiro atoms. The Morgan fingerprint density at radius 3 is 2.05 bits per heavy atom. The summed E-state index contributed by atoms with van der Waals surface area (Å²) in [6.07, 6.45) is 0. The molecule has 0 saturated carbocycles. The smallest absolute Gasteiger partial charge is 0.160 e. The minimum absolute atomic E-state index is 0.738. The second kappa shape index (κ2) is 9.10. The Morgan fingerprint density at radius 1 is 0.476 bits per heavy atom. The van der Waals surface area contributed by atoms with Crippen molar-refractivity contribution in [3.63, 3.8) is 0 Å². The van der Waals surface area contributed by atoms with Crippen molar-refractivity contribution in [1.29, 1.82) is 0 Å². The van der Waals surface area contributed by atoms with Crippen molar-refractivity contribution in [1.82, 2.24) is 14.5 Å². The van der Waals surface area contributed by atoms with Crippen molar-refractivity contribution in [2.45, 2.75) is 0 Å². The molecule has 0 bridgehead atoms. The topological polar surface area (TPSA) is 30.7 Å². The van der Waals surface area contributed by atoms with Crippen molar-refractivity contribution in [3.05, 3.63) is 140 Å². The van der Waals surface area contributed by atoms with E-state index in [0.717, 1.165) is 39.2 Å². The van der Waals surface area contributed by atoms with E-state index < -0.39 is 0 Å². The number of para-hydroxylation sites is 2. The van der Waals surface area contributed by atoms with E-state index in [2.05, 4.69) is 144 Å². The molecule has 6 aromatic carbocycles. The molecule has 3 nitrogen and oxygen atoms in total. The van der Waals surface area contributed by atoms with E-state index in [4.69, 9.17) is 9.97 Å².